The number of piperazine rings is 1. The summed E-state index contributed by atoms with van der Waals surface area (Å²) in [6, 6.07) is 7.56. The molecule has 0 bridgehead atoms. The van der Waals surface area contributed by atoms with Gasteiger partial charge in [-0.25, -0.2) is 15.0 Å². The van der Waals surface area contributed by atoms with Crippen LogP contribution in [0, 0.1) is 0 Å². The third-order valence-corrected chi connectivity index (χ3v) is 5.68. The lowest BCUT2D eigenvalue weighted by Crippen LogP contribution is -2.56. The number of imidazole rings is 1. The van der Waals surface area contributed by atoms with Crippen molar-refractivity contribution in [3.8, 4) is 5.88 Å². The van der Waals surface area contributed by atoms with Gasteiger partial charge >= 0.3 is 0 Å². The van der Waals surface area contributed by atoms with Gasteiger partial charge in [-0.1, -0.05) is 12.1 Å². The molecule has 0 atom stereocenters. The number of anilines is 1. The van der Waals surface area contributed by atoms with Crippen LogP contribution in [0.2, 0.25) is 0 Å². The fraction of sp³-hybridized carbons (Fsp3) is 0.381. The minimum absolute atomic E-state index is 0.0824. The van der Waals surface area contributed by atoms with E-state index >= 15 is 0 Å². The summed E-state index contributed by atoms with van der Waals surface area (Å²) in [5.74, 6) is 1.41. The Labute approximate surface area is 178 Å². The monoisotopic (exact) mass is 421 g/mol. The largest absolute Gasteiger partial charge is 0.468 e. The van der Waals surface area contributed by atoms with Crippen molar-refractivity contribution in [3.63, 3.8) is 0 Å². The zero-order valence-corrected chi connectivity index (χ0v) is 17.2. The van der Waals surface area contributed by atoms with Gasteiger partial charge in [0.2, 0.25) is 5.91 Å². The van der Waals surface area contributed by atoms with Gasteiger partial charge in [-0.05, 0) is 12.1 Å². The van der Waals surface area contributed by atoms with Gasteiger partial charge in [0.25, 0.3) is 11.8 Å². The van der Waals surface area contributed by atoms with Crippen molar-refractivity contribution in [1.82, 2.24) is 29.7 Å². The molecule has 2 saturated heterocycles. The fourth-order valence-electron chi connectivity index (χ4n) is 3.89. The van der Waals surface area contributed by atoms with E-state index in [9.17, 15) is 9.59 Å². The smallest absolute Gasteiger partial charge is 0.289 e. The number of H-pyrrole nitrogens is 1. The van der Waals surface area contributed by atoms with E-state index < -0.39 is 0 Å². The van der Waals surface area contributed by atoms with E-state index in [1.807, 2.05) is 29.2 Å². The number of likely N-dealkylation sites (tertiary alicyclic amines) is 1. The van der Waals surface area contributed by atoms with Crippen LogP contribution in [0.15, 0.2) is 36.7 Å². The lowest BCUT2D eigenvalue weighted by atomic mass is 10.1. The summed E-state index contributed by atoms with van der Waals surface area (Å²) in [5.41, 5.74) is 1.61. The number of amides is 2. The average molecular weight is 421 g/mol. The molecule has 2 aliphatic heterocycles. The quantitative estimate of drug-likeness (QED) is 0.668. The molecule has 2 aromatic heterocycles. The first kappa shape index (κ1) is 19.3. The second-order valence-corrected chi connectivity index (χ2v) is 7.73. The van der Waals surface area contributed by atoms with Crippen molar-refractivity contribution in [2.24, 2.45) is 0 Å². The number of para-hydroxylation sites is 2. The Morgan fingerprint density at radius 1 is 1.03 bits per heavy atom. The van der Waals surface area contributed by atoms with Gasteiger partial charge in [0.15, 0.2) is 11.6 Å². The summed E-state index contributed by atoms with van der Waals surface area (Å²) >= 11 is 0. The van der Waals surface area contributed by atoms with Crippen LogP contribution in [0.5, 0.6) is 5.88 Å². The molecule has 10 nitrogen and oxygen atoms in total. The van der Waals surface area contributed by atoms with Crippen molar-refractivity contribution in [3.05, 3.63) is 42.5 Å². The first-order valence-corrected chi connectivity index (χ1v) is 10.3. The van der Waals surface area contributed by atoms with Crippen LogP contribution in [0.4, 0.5) is 5.82 Å². The van der Waals surface area contributed by atoms with E-state index in [2.05, 4.69) is 24.8 Å². The number of carbonyl (C=O) groups is 2. The Morgan fingerprint density at radius 2 is 1.77 bits per heavy atom. The molecule has 10 heteroatoms. The second-order valence-electron chi connectivity index (χ2n) is 7.73. The van der Waals surface area contributed by atoms with Crippen LogP contribution < -0.4 is 9.64 Å². The number of nitrogens with one attached hydrogen (secondary N) is 1. The molecule has 0 unspecified atom stereocenters. The van der Waals surface area contributed by atoms with E-state index in [0.29, 0.717) is 56.8 Å². The van der Waals surface area contributed by atoms with Gasteiger partial charge in [0.1, 0.15) is 6.10 Å². The number of rotatable bonds is 4. The zero-order valence-electron chi connectivity index (χ0n) is 17.2. The summed E-state index contributed by atoms with van der Waals surface area (Å²) < 4.78 is 6.06. The van der Waals surface area contributed by atoms with Gasteiger partial charge in [0.05, 0.1) is 24.1 Å². The van der Waals surface area contributed by atoms with Gasteiger partial charge in [-0.2, -0.15) is 0 Å². The average Bonchev–Trinajstić information content (AvgIpc) is 3.20. The number of ether oxygens (including phenoxy) is 1. The third-order valence-electron chi connectivity index (χ3n) is 5.68. The number of hydrogen-bond acceptors (Lipinski definition) is 7. The molecule has 2 fully saturated rings. The van der Waals surface area contributed by atoms with E-state index in [0.717, 1.165) is 11.0 Å². The van der Waals surface area contributed by atoms with Crippen LogP contribution >= 0.6 is 0 Å². The highest BCUT2D eigenvalue weighted by atomic mass is 16.5. The lowest BCUT2D eigenvalue weighted by molar-refractivity contribution is -0.129. The molecule has 0 spiro atoms. The predicted octanol–water partition coefficient (Wildman–Crippen LogP) is 0.925. The summed E-state index contributed by atoms with van der Waals surface area (Å²) in [6.07, 6.45) is 3.08. The molecule has 1 N–H and O–H groups in total. The zero-order chi connectivity index (χ0) is 21.4. The molecular weight excluding hydrogens is 398 g/mol. The Hall–Kier alpha value is -3.69. The van der Waals surface area contributed by atoms with E-state index in [-0.39, 0.29) is 17.9 Å². The number of fused-ring (bicyclic) bond motifs is 1. The highest BCUT2D eigenvalue weighted by Crippen LogP contribution is 2.27. The predicted molar refractivity (Wildman–Crippen MR) is 113 cm³/mol. The molecule has 1 aromatic carbocycles. The van der Waals surface area contributed by atoms with Gasteiger partial charge < -0.3 is 24.4 Å². The number of aromatic nitrogens is 4. The summed E-state index contributed by atoms with van der Waals surface area (Å²) in [4.78, 5) is 46.1. The van der Waals surface area contributed by atoms with Crippen LogP contribution in [0.1, 0.15) is 17.5 Å². The van der Waals surface area contributed by atoms with Crippen LogP contribution in [0.3, 0.4) is 0 Å². The minimum atomic E-state index is -0.151. The SMILES string of the molecule is CC(=O)N1CCN(c2nccnc2OC2CN(C(=O)c3nc4ccccc4[nH]3)C2)CC1. The maximum absolute atomic E-state index is 12.7. The van der Waals surface area contributed by atoms with E-state index in [1.54, 1.807) is 24.2 Å². The molecule has 0 saturated carbocycles. The molecule has 31 heavy (non-hydrogen) atoms. The van der Waals surface area contributed by atoms with E-state index in [4.69, 9.17) is 4.74 Å². The molecular formula is C21H23N7O3. The highest BCUT2D eigenvalue weighted by Gasteiger charge is 2.35. The van der Waals surface area contributed by atoms with Crippen LogP contribution in [0.25, 0.3) is 11.0 Å². The molecule has 3 aromatic rings. The molecule has 4 heterocycles. The third kappa shape index (κ3) is 3.76. The Balaban J connectivity index is 1.21. The standard InChI is InChI=1S/C21H23N7O3/c1-14(29)26-8-10-27(11-9-26)19-20(23-7-6-22-19)31-15-12-28(13-15)21(30)18-24-16-4-2-3-5-17(16)25-18/h2-7,15H,8-13H2,1H3,(H,24,25). The topological polar surface area (TPSA) is 108 Å². The molecule has 0 aliphatic carbocycles. The van der Waals surface area contributed by atoms with E-state index in [1.165, 1.54) is 0 Å². The Kier molecular flexibility index (Phi) is 4.89. The van der Waals surface area contributed by atoms with Gasteiger partial charge in [-0.15, -0.1) is 0 Å². The number of aromatic amines is 1. The van der Waals surface area contributed by atoms with Gasteiger partial charge in [0, 0.05) is 45.5 Å². The minimum Gasteiger partial charge on any atom is -0.468 e. The van der Waals surface area contributed by atoms with Crippen LogP contribution in [-0.2, 0) is 4.79 Å². The second kappa shape index (κ2) is 7.86. The summed E-state index contributed by atoms with van der Waals surface area (Å²) in [7, 11) is 0. The maximum atomic E-state index is 12.7. The molecule has 2 aliphatic rings. The van der Waals surface area contributed by atoms with Crippen molar-refractivity contribution in [2.45, 2.75) is 13.0 Å². The lowest BCUT2D eigenvalue weighted by Gasteiger charge is -2.39. The Morgan fingerprint density at radius 3 is 2.52 bits per heavy atom. The Bertz CT molecular complexity index is 1080. The fourth-order valence-corrected chi connectivity index (χ4v) is 3.89. The van der Waals surface area contributed by atoms with Crippen molar-refractivity contribution in [2.75, 3.05) is 44.2 Å². The van der Waals surface area contributed by atoms with Crippen molar-refractivity contribution in [1.29, 1.82) is 0 Å². The first-order valence-electron chi connectivity index (χ1n) is 10.3. The molecule has 0 radical (unpaired) electrons. The number of hydrogen-bond donors (Lipinski definition) is 1. The molecule has 160 valence electrons. The summed E-state index contributed by atoms with van der Waals surface area (Å²) in [6.45, 7) is 5.16. The van der Waals surface area contributed by atoms with Crippen molar-refractivity contribution < 1.29 is 14.3 Å². The number of carbonyl (C=O) groups excluding carboxylic acids is 2. The van der Waals surface area contributed by atoms with Crippen molar-refractivity contribution >= 4 is 28.7 Å². The molecule has 2 amide bonds. The van der Waals surface area contributed by atoms with Gasteiger partial charge in [-0.3, -0.25) is 9.59 Å². The highest BCUT2D eigenvalue weighted by molar-refractivity contribution is 5.94. The normalized spacial score (nSPS) is 17.0. The maximum Gasteiger partial charge on any atom is 0.289 e. The summed E-state index contributed by atoms with van der Waals surface area (Å²) in [5, 5.41) is 0. The number of benzene rings is 1. The number of nitrogens with zero attached hydrogens (tertiary/aromatic N) is 6. The first-order chi connectivity index (χ1) is 15.1. The van der Waals surface area contributed by atoms with Crippen LogP contribution in [-0.4, -0.2) is 86.9 Å². The molecule has 5 rings (SSSR count).